The first-order valence-electron chi connectivity index (χ1n) is 13.0. The fourth-order valence-corrected chi connectivity index (χ4v) is 3.57. The van der Waals surface area contributed by atoms with Gasteiger partial charge >= 0.3 is 0 Å². The lowest BCUT2D eigenvalue weighted by Gasteiger charge is -2.19. The van der Waals surface area contributed by atoms with Gasteiger partial charge in [-0.1, -0.05) is 112 Å². The minimum absolute atomic E-state index is 0.117. The number of benzene rings is 4. The molecule has 0 unspecified atom stereocenters. The largest absolute Gasteiger partial charge is 0.212 e. The Morgan fingerprint density at radius 1 is 0.625 bits per heavy atom. The van der Waals surface area contributed by atoms with E-state index in [9.17, 15) is 0 Å². The van der Waals surface area contributed by atoms with Crippen LogP contribution in [0.1, 0.15) is 33.4 Å². The number of nitrogens with zero attached hydrogens (tertiary/aromatic N) is 3. The quantitative estimate of drug-likeness (QED) is 0.307. The molecule has 0 radical (unpaired) electrons. The van der Waals surface area contributed by atoms with Crippen LogP contribution in [0.5, 0.6) is 0 Å². The van der Waals surface area contributed by atoms with Crippen molar-refractivity contribution in [2.24, 2.45) is 0 Å². The molecule has 3 heteroatoms. The fourth-order valence-electron chi connectivity index (χ4n) is 3.57. The van der Waals surface area contributed by atoms with E-state index in [1.54, 1.807) is 12.1 Å². The summed E-state index contributed by atoms with van der Waals surface area (Å²) >= 11 is 0. The fraction of sp³-hybridized carbons (Fsp3) is 0.138. The molecule has 3 nitrogen and oxygen atoms in total. The zero-order valence-electron chi connectivity index (χ0n) is 23.2. The van der Waals surface area contributed by atoms with E-state index in [0.29, 0.717) is 28.6 Å². The van der Waals surface area contributed by atoms with Gasteiger partial charge in [0.05, 0.1) is 6.85 Å². The topological polar surface area (TPSA) is 38.7 Å². The molecular formula is C29H25N3. The van der Waals surface area contributed by atoms with E-state index in [-0.39, 0.29) is 35.1 Å². The summed E-state index contributed by atoms with van der Waals surface area (Å²) in [4.78, 5) is 14.4. The van der Waals surface area contributed by atoms with Crippen molar-refractivity contribution in [2.45, 2.75) is 26.2 Å². The van der Waals surface area contributed by atoms with Crippen molar-refractivity contribution in [1.82, 2.24) is 15.0 Å². The number of hydrogen-bond donors (Lipinski definition) is 0. The Hall–Kier alpha value is -3.85. The van der Waals surface area contributed by atoms with E-state index in [1.807, 2.05) is 69.3 Å². The van der Waals surface area contributed by atoms with Crippen molar-refractivity contribution >= 4 is 10.8 Å². The molecule has 5 aromatic rings. The molecule has 0 fully saturated rings. The van der Waals surface area contributed by atoms with E-state index < -0.39 is 6.04 Å². The Balaban J connectivity index is 1.77. The molecular weight excluding hydrogens is 390 g/mol. The molecule has 0 aliphatic heterocycles. The van der Waals surface area contributed by atoms with Crippen LogP contribution in [-0.2, 0) is 5.41 Å². The first-order valence-corrected chi connectivity index (χ1v) is 10.5. The highest BCUT2D eigenvalue weighted by molar-refractivity contribution is 5.87. The molecule has 0 amide bonds. The SMILES string of the molecule is [2H]c1c([2H])c([2H])c(-c2ccccc2-c2nc(-c3ccc4ccccc4c3)nc(C(C)(C)C)n2)c([2H])c1[2H]. The maximum atomic E-state index is 8.50. The molecule has 0 aliphatic rings. The van der Waals surface area contributed by atoms with Crippen molar-refractivity contribution in [3.05, 3.63) is 103 Å². The minimum Gasteiger partial charge on any atom is -0.212 e. The Morgan fingerprint density at radius 3 is 2.03 bits per heavy atom. The monoisotopic (exact) mass is 420 g/mol. The molecule has 0 spiro atoms. The number of aromatic nitrogens is 3. The molecule has 0 N–H and O–H groups in total. The zero-order valence-corrected chi connectivity index (χ0v) is 18.2. The van der Waals surface area contributed by atoms with Crippen LogP contribution in [0.2, 0.25) is 0 Å². The maximum Gasteiger partial charge on any atom is 0.164 e. The molecule has 5 rings (SSSR count). The lowest BCUT2D eigenvalue weighted by Crippen LogP contribution is -2.18. The van der Waals surface area contributed by atoms with Gasteiger partial charge in [-0.25, -0.2) is 15.0 Å². The highest BCUT2D eigenvalue weighted by Crippen LogP contribution is 2.32. The highest BCUT2D eigenvalue weighted by Gasteiger charge is 2.22. The second-order valence-electron chi connectivity index (χ2n) is 8.66. The predicted molar refractivity (Wildman–Crippen MR) is 132 cm³/mol. The standard InChI is InChI=1S/C29H25N3/c1-29(2,3)28-31-26(23-18-17-20-11-7-8-14-22(20)19-23)30-27(32-28)25-16-10-9-15-24(25)21-12-5-4-6-13-21/h4-19H,1-3H3/i4D,5D,6D,12D,13D. The van der Waals surface area contributed by atoms with Crippen molar-refractivity contribution in [3.8, 4) is 33.9 Å². The lowest BCUT2D eigenvalue weighted by molar-refractivity contribution is 0.543. The number of fused-ring (bicyclic) bond motifs is 1. The molecule has 0 saturated carbocycles. The average Bonchev–Trinajstić information content (AvgIpc) is 2.90. The van der Waals surface area contributed by atoms with Gasteiger partial charge in [0.1, 0.15) is 5.82 Å². The zero-order chi connectivity index (χ0) is 26.5. The molecule has 0 aliphatic carbocycles. The van der Waals surface area contributed by atoms with E-state index in [1.165, 1.54) is 0 Å². The van der Waals surface area contributed by atoms with Gasteiger partial charge in [-0.05, 0) is 28.0 Å². The van der Waals surface area contributed by atoms with E-state index >= 15 is 0 Å². The van der Waals surface area contributed by atoms with Crippen LogP contribution >= 0.6 is 0 Å². The van der Waals surface area contributed by atoms with Crippen molar-refractivity contribution in [1.29, 1.82) is 0 Å². The van der Waals surface area contributed by atoms with E-state index in [0.717, 1.165) is 16.3 Å². The average molecular weight is 421 g/mol. The van der Waals surface area contributed by atoms with E-state index in [2.05, 4.69) is 6.07 Å². The maximum absolute atomic E-state index is 8.50. The van der Waals surface area contributed by atoms with Gasteiger partial charge < -0.3 is 0 Å². The molecule has 1 aromatic heterocycles. The summed E-state index contributed by atoms with van der Waals surface area (Å²) in [7, 11) is 0. The predicted octanol–water partition coefficient (Wildman–Crippen LogP) is 7.32. The van der Waals surface area contributed by atoms with Gasteiger partial charge in [-0.2, -0.15) is 0 Å². The van der Waals surface area contributed by atoms with Gasteiger partial charge in [0, 0.05) is 16.5 Å². The summed E-state index contributed by atoms with van der Waals surface area (Å²) in [5.74, 6) is 1.48. The smallest absolute Gasteiger partial charge is 0.164 e. The number of rotatable bonds is 3. The molecule has 4 aromatic carbocycles. The van der Waals surface area contributed by atoms with E-state index in [4.69, 9.17) is 21.8 Å². The molecule has 156 valence electrons. The van der Waals surface area contributed by atoms with Gasteiger partial charge in [0.15, 0.2) is 11.6 Å². The number of hydrogen-bond acceptors (Lipinski definition) is 3. The molecule has 1 heterocycles. The van der Waals surface area contributed by atoms with Crippen LogP contribution in [0.15, 0.2) is 96.9 Å². The molecule has 32 heavy (non-hydrogen) atoms. The van der Waals surface area contributed by atoms with Crippen LogP contribution in [0.3, 0.4) is 0 Å². The lowest BCUT2D eigenvalue weighted by atomic mass is 9.95. The molecule has 0 saturated heterocycles. The minimum atomic E-state index is -0.426. The third-order valence-electron chi connectivity index (χ3n) is 5.25. The van der Waals surface area contributed by atoms with Crippen molar-refractivity contribution in [2.75, 3.05) is 0 Å². The Kier molecular flexibility index (Phi) is 3.76. The first-order chi connectivity index (χ1) is 17.6. The summed E-state index contributed by atoms with van der Waals surface area (Å²) in [6.07, 6.45) is 0. The van der Waals surface area contributed by atoms with Crippen LogP contribution in [0.25, 0.3) is 44.7 Å². The Bertz CT molecular complexity index is 1650. The van der Waals surface area contributed by atoms with Crippen LogP contribution < -0.4 is 0 Å². The Labute approximate surface area is 195 Å². The Morgan fingerprint density at radius 2 is 1.28 bits per heavy atom. The van der Waals surface area contributed by atoms with Crippen molar-refractivity contribution in [3.63, 3.8) is 0 Å². The summed E-state index contributed by atoms with van der Waals surface area (Å²) in [6, 6.07) is 19.6. The van der Waals surface area contributed by atoms with Gasteiger partial charge in [-0.3, -0.25) is 0 Å². The van der Waals surface area contributed by atoms with Gasteiger partial charge in [0.25, 0.3) is 0 Å². The molecule has 0 bridgehead atoms. The summed E-state index contributed by atoms with van der Waals surface area (Å²) in [5.41, 5.74) is 1.61. The van der Waals surface area contributed by atoms with Gasteiger partial charge in [-0.15, -0.1) is 0 Å². The molecule has 0 atom stereocenters. The third kappa shape index (κ3) is 3.90. The highest BCUT2D eigenvalue weighted by atomic mass is 15.0. The van der Waals surface area contributed by atoms with Crippen LogP contribution in [0.4, 0.5) is 0 Å². The van der Waals surface area contributed by atoms with Gasteiger partial charge in [0.2, 0.25) is 0 Å². The second-order valence-corrected chi connectivity index (χ2v) is 8.66. The summed E-state index contributed by atoms with van der Waals surface area (Å²) in [5, 5.41) is 2.18. The second kappa shape index (κ2) is 8.01. The summed E-state index contributed by atoms with van der Waals surface area (Å²) in [6.45, 7) is 6.08. The van der Waals surface area contributed by atoms with Crippen LogP contribution in [-0.4, -0.2) is 15.0 Å². The normalized spacial score (nSPS) is 13.8. The van der Waals surface area contributed by atoms with Crippen LogP contribution in [0, 0.1) is 0 Å². The third-order valence-corrected chi connectivity index (χ3v) is 5.25. The first kappa shape index (κ1) is 15.0. The van der Waals surface area contributed by atoms with Crippen molar-refractivity contribution < 1.29 is 6.85 Å². The summed E-state index contributed by atoms with van der Waals surface area (Å²) < 4.78 is 41.2.